The van der Waals surface area contributed by atoms with Gasteiger partial charge in [-0.2, -0.15) is 0 Å². The predicted octanol–water partition coefficient (Wildman–Crippen LogP) is 1.86. The average Bonchev–Trinajstić information content (AvgIpc) is 2.46. The number of rotatable bonds is 5. The fourth-order valence-corrected chi connectivity index (χ4v) is 2.55. The van der Waals surface area contributed by atoms with E-state index in [1.807, 2.05) is 0 Å². The number of carboxylic acids is 1. The van der Waals surface area contributed by atoms with Crippen LogP contribution in [0.1, 0.15) is 35.7 Å². The highest BCUT2D eigenvalue weighted by atomic mass is 16.5. The van der Waals surface area contributed by atoms with Gasteiger partial charge in [-0.3, -0.25) is 4.79 Å². The lowest BCUT2D eigenvalue weighted by molar-refractivity contribution is -0.120. The maximum Gasteiger partial charge on any atom is 0.335 e. The maximum atomic E-state index is 11.9. The molecule has 5 nitrogen and oxygen atoms in total. The number of carbonyl (C=O) groups excluding carboxylic acids is 1. The number of aromatic carboxylic acids is 1. The molecule has 2 unspecified atom stereocenters. The van der Waals surface area contributed by atoms with Gasteiger partial charge in [0.05, 0.1) is 18.1 Å². The zero-order chi connectivity index (χ0) is 15.2. The minimum Gasteiger partial charge on any atom is -0.478 e. The molecule has 0 radical (unpaired) electrons. The van der Waals surface area contributed by atoms with Gasteiger partial charge in [-0.1, -0.05) is 12.1 Å². The van der Waals surface area contributed by atoms with E-state index in [0.29, 0.717) is 12.5 Å². The van der Waals surface area contributed by atoms with Gasteiger partial charge in [0.15, 0.2) is 0 Å². The van der Waals surface area contributed by atoms with Crippen molar-refractivity contribution in [1.82, 2.24) is 5.32 Å². The first-order valence-electron chi connectivity index (χ1n) is 7.25. The van der Waals surface area contributed by atoms with Crippen LogP contribution in [0.3, 0.4) is 0 Å². The number of nitrogens with one attached hydrogen (secondary N) is 1. The van der Waals surface area contributed by atoms with Gasteiger partial charge in [0.25, 0.3) is 0 Å². The summed E-state index contributed by atoms with van der Waals surface area (Å²) in [4.78, 5) is 22.6. The molecule has 21 heavy (non-hydrogen) atoms. The summed E-state index contributed by atoms with van der Waals surface area (Å²) in [5.41, 5.74) is 1.05. The van der Waals surface area contributed by atoms with Crippen LogP contribution in [-0.2, 0) is 16.0 Å². The van der Waals surface area contributed by atoms with Crippen molar-refractivity contribution in [2.24, 2.45) is 5.92 Å². The van der Waals surface area contributed by atoms with Crippen molar-refractivity contribution in [2.45, 2.75) is 32.3 Å². The lowest BCUT2D eigenvalue weighted by atomic mass is 9.96. The van der Waals surface area contributed by atoms with E-state index in [1.165, 1.54) is 12.1 Å². The summed E-state index contributed by atoms with van der Waals surface area (Å²) in [5, 5.41) is 11.8. The molecule has 2 rings (SSSR count). The van der Waals surface area contributed by atoms with Crippen LogP contribution in [0.4, 0.5) is 0 Å². The number of hydrogen-bond donors (Lipinski definition) is 2. The molecule has 1 aliphatic heterocycles. The van der Waals surface area contributed by atoms with Crippen LogP contribution in [0.2, 0.25) is 0 Å². The Bertz CT molecular complexity index is 498. The van der Waals surface area contributed by atoms with Gasteiger partial charge in [0.2, 0.25) is 5.91 Å². The molecule has 0 aromatic heterocycles. The quantitative estimate of drug-likeness (QED) is 0.868. The molecule has 1 saturated heterocycles. The van der Waals surface area contributed by atoms with Crippen LogP contribution >= 0.6 is 0 Å². The summed E-state index contributed by atoms with van der Waals surface area (Å²) in [7, 11) is 0. The molecular formula is C16H21NO4. The van der Waals surface area contributed by atoms with Crippen LogP contribution in [0.15, 0.2) is 24.3 Å². The molecule has 1 aromatic carbocycles. The first-order valence-corrected chi connectivity index (χ1v) is 7.25. The molecule has 2 atom stereocenters. The number of benzene rings is 1. The van der Waals surface area contributed by atoms with Gasteiger partial charge in [-0.25, -0.2) is 4.79 Å². The second-order valence-corrected chi connectivity index (χ2v) is 5.55. The predicted molar refractivity (Wildman–Crippen MR) is 78.3 cm³/mol. The van der Waals surface area contributed by atoms with Crippen molar-refractivity contribution in [3.63, 3.8) is 0 Å². The Kier molecular flexibility index (Phi) is 5.33. The standard InChI is InChI=1S/C16H21NO4/c1-11-8-13(6-7-21-11)10-17-15(18)9-12-2-4-14(5-3-12)16(19)20/h2-5,11,13H,6-10H2,1H3,(H,17,18)(H,19,20). The SMILES string of the molecule is CC1CC(CNC(=O)Cc2ccc(C(=O)O)cc2)CCO1. The lowest BCUT2D eigenvalue weighted by Crippen LogP contribution is -2.35. The zero-order valence-corrected chi connectivity index (χ0v) is 12.2. The molecular weight excluding hydrogens is 270 g/mol. The third kappa shape index (κ3) is 4.86. The Morgan fingerprint density at radius 3 is 2.67 bits per heavy atom. The Morgan fingerprint density at radius 2 is 2.05 bits per heavy atom. The highest BCUT2D eigenvalue weighted by molar-refractivity contribution is 5.87. The van der Waals surface area contributed by atoms with Crippen molar-refractivity contribution in [3.8, 4) is 0 Å². The Hall–Kier alpha value is -1.88. The van der Waals surface area contributed by atoms with Crippen LogP contribution < -0.4 is 5.32 Å². The first kappa shape index (κ1) is 15.5. The largest absolute Gasteiger partial charge is 0.478 e. The molecule has 2 N–H and O–H groups in total. The normalized spacial score (nSPS) is 21.8. The summed E-state index contributed by atoms with van der Waals surface area (Å²) < 4.78 is 5.48. The number of amides is 1. The lowest BCUT2D eigenvalue weighted by Gasteiger charge is -2.27. The Morgan fingerprint density at radius 1 is 1.33 bits per heavy atom. The van der Waals surface area contributed by atoms with E-state index in [9.17, 15) is 9.59 Å². The minimum absolute atomic E-state index is 0.0304. The van der Waals surface area contributed by atoms with E-state index in [0.717, 1.165) is 25.0 Å². The van der Waals surface area contributed by atoms with Crippen molar-refractivity contribution in [1.29, 1.82) is 0 Å². The molecule has 114 valence electrons. The van der Waals surface area contributed by atoms with E-state index in [4.69, 9.17) is 9.84 Å². The zero-order valence-electron chi connectivity index (χ0n) is 12.2. The second-order valence-electron chi connectivity index (χ2n) is 5.55. The van der Waals surface area contributed by atoms with Gasteiger partial charge in [0.1, 0.15) is 0 Å². The van der Waals surface area contributed by atoms with Crippen molar-refractivity contribution in [2.75, 3.05) is 13.2 Å². The third-order valence-corrected chi connectivity index (χ3v) is 3.75. The highest BCUT2D eigenvalue weighted by Gasteiger charge is 2.19. The van der Waals surface area contributed by atoms with Crippen molar-refractivity contribution >= 4 is 11.9 Å². The van der Waals surface area contributed by atoms with Crippen LogP contribution in [0.5, 0.6) is 0 Å². The molecule has 1 fully saturated rings. The summed E-state index contributed by atoms with van der Waals surface area (Å²) in [6.45, 7) is 3.50. The van der Waals surface area contributed by atoms with E-state index in [-0.39, 0.29) is 24.0 Å². The molecule has 0 bridgehead atoms. The number of carbonyl (C=O) groups is 2. The summed E-state index contributed by atoms with van der Waals surface area (Å²) >= 11 is 0. The van der Waals surface area contributed by atoms with E-state index >= 15 is 0 Å². The second kappa shape index (κ2) is 7.22. The van der Waals surface area contributed by atoms with Crippen molar-refractivity contribution < 1.29 is 19.4 Å². The van der Waals surface area contributed by atoms with Gasteiger partial charge < -0.3 is 15.2 Å². The monoisotopic (exact) mass is 291 g/mol. The molecule has 0 spiro atoms. The van der Waals surface area contributed by atoms with Gasteiger partial charge >= 0.3 is 5.97 Å². The van der Waals surface area contributed by atoms with Gasteiger partial charge in [-0.15, -0.1) is 0 Å². The summed E-state index contributed by atoms with van der Waals surface area (Å²) in [5.74, 6) is -0.510. The average molecular weight is 291 g/mol. The van der Waals surface area contributed by atoms with E-state index in [2.05, 4.69) is 12.2 Å². The molecule has 1 amide bonds. The summed E-state index contributed by atoms with van der Waals surface area (Å²) in [6, 6.07) is 6.40. The molecule has 0 saturated carbocycles. The van der Waals surface area contributed by atoms with Crippen molar-refractivity contribution in [3.05, 3.63) is 35.4 Å². The number of hydrogen-bond acceptors (Lipinski definition) is 3. The highest BCUT2D eigenvalue weighted by Crippen LogP contribution is 2.18. The van der Waals surface area contributed by atoms with Crippen LogP contribution in [0.25, 0.3) is 0 Å². The smallest absolute Gasteiger partial charge is 0.335 e. The number of carboxylic acid groups (broad SMARTS) is 1. The fraction of sp³-hybridized carbons (Fsp3) is 0.500. The third-order valence-electron chi connectivity index (χ3n) is 3.75. The summed E-state index contributed by atoms with van der Waals surface area (Å²) in [6.07, 6.45) is 2.51. The molecule has 0 aliphatic carbocycles. The number of ether oxygens (including phenoxy) is 1. The molecule has 1 heterocycles. The molecule has 5 heteroatoms. The minimum atomic E-state index is -0.959. The van der Waals surface area contributed by atoms with E-state index in [1.54, 1.807) is 12.1 Å². The molecule has 1 aliphatic rings. The van der Waals surface area contributed by atoms with Gasteiger partial charge in [0, 0.05) is 13.2 Å². The Balaban J connectivity index is 1.77. The first-order chi connectivity index (χ1) is 10.0. The maximum absolute atomic E-state index is 11.9. The topological polar surface area (TPSA) is 75.6 Å². The Labute approximate surface area is 124 Å². The fourth-order valence-electron chi connectivity index (χ4n) is 2.55. The van der Waals surface area contributed by atoms with Crippen LogP contribution in [0, 0.1) is 5.92 Å². The van der Waals surface area contributed by atoms with E-state index < -0.39 is 5.97 Å². The van der Waals surface area contributed by atoms with Crippen LogP contribution in [-0.4, -0.2) is 36.2 Å². The molecule has 1 aromatic rings. The van der Waals surface area contributed by atoms with Gasteiger partial charge in [-0.05, 0) is 43.4 Å².